The fraction of sp³-hybridized carbons (Fsp3) is 0.250. The minimum absolute atomic E-state index is 0.162. The molecule has 0 bridgehead atoms. The average Bonchev–Trinajstić information content (AvgIpc) is 2.04. The van der Waals surface area contributed by atoms with Crippen molar-refractivity contribution in [2.45, 2.75) is 6.04 Å². The maximum atomic E-state index is 5.86. The molecule has 1 atom stereocenters. The molecule has 0 saturated carbocycles. The normalized spacial score (nSPS) is 13.0. The van der Waals surface area contributed by atoms with Gasteiger partial charge in [0.2, 0.25) is 0 Å². The lowest BCUT2D eigenvalue weighted by atomic mass is 10.1. The Morgan fingerprint density at radius 3 is 2.55 bits per heavy atom. The number of rotatable bonds is 2. The highest BCUT2D eigenvalue weighted by Crippen LogP contribution is 2.21. The highest BCUT2D eigenvalue weighted by atomic mass is 35.5. The molecular formula is C8H9Cl2N. The van der Waals surface area contributed by atoms with E-state index in [4.69, 9.17) is 28.9 Å². The van der Waals surface area contributed by atoms with Gasteiger partial charge in [-0.3, -0.25) is 0 Å². The number of benzene rings is 1. The van der Waals surface area contributed by atoms with Crippen molar-refractivity contribution in [3.63, 3.8) is 0 Å². The van der Waals surface area contributed by atoms with E-state index in [1.54, 1.807) is 0 Å². The van der Waals surface area contributed by atoms with Crippen molar-refractivity contribution in [1.82, 2.24) is 0 Å². The van der Waals surface area contributed by atoms with E-state index in [0.717, 1.165) is 5.56 Å². The number of hydrogen-bond acceptors (Lipinski definition) is 1. The van der Waals surface area contributed by atoms with Gasteiger partial charge >= 0.3 is 0 Å². The van der Waals surface area contributed by atoms with E-state index >= 15 is 0 Å². The summed E-state index contributed by atoms with van der Waals surface area (Å²) in [7, 11) is 0. The molecule has 0 aliphatic carbocycles. The molecule has 1 nitrogen and oxygen atoms in total. The molecule has 1 aromatic carbocycles. The molecule has 2 N–H and O–H groups in total. The summed E-state index contributed by atoms with van der Waals surface area (Å²) < 4.78 is 0. The van der Waals surface area contributed by atoms with Crippen LogP contribution in [-0.4, -0.2) is 5.88 Å². The average molecular weight is 190 g/mol. The number of alkyl halides is 1. The lowest BCUT2D eigenvalue weighted by molar-refractivity contribution is 0.827. The van der Waals surface area contributed by atoms with Crippen molar-refractivity contribution in [2.75, 3.05) is 5.88 Å². The zero-order chi connectivity index (χ0) is 8.27. The molecule has 0 aliphatic rings. The monoisotopic (exact) mass is 189 g/mol. The van der Waals surface area contributed by atoms with E-state index in [1.165, 1.54) is 0 Å². The summed E-state index contributed by atoms with van der Waals surface area (Å²) in [6.07, 6.45) is 0. The fourth-order valence-corrected chi connectivity index (χ4v) is 1.30. The molecule has 0 aromatic heterocycles. The molecule has 1 aromatic rings. The molecule has 1 rings (SSSR count). The van der Waals surface area contributed by atoms with Gasteiger partial charge < -0.3 is 5.73 Å². The van der Waals surface area contributed by atoms with Gasteiger partial charge in [-0.2, -0.15) is 0 Å². The van der Waals surface area contributed by atoms with E-state index in [-0.39, 0.29) is 6.04 Å². The summed E-state index contributed by atoms with van der Waals surface area (Å²) in [4.78, 5) is 0. The highest BCUT2D eigenvalue weighted by Gasteiger charge is 2.06. The second-order valence-corrected chi connectivity index (χ2v) is 3.00. The van der Waals surface area contributed by atoms with Crippen molar-refractivity contribution in [3.05, 3.63) is 34.9 Å². The zero-order valence-corrected chi connectivity index (χ0v) is 7.44. The minimum Gasteiger partial charge on any atom is -0.323 e. The summed E-state index contributed by atoms with van der Waals surface area (Å²) >= 11 is 11.4. The first-order valence-corrected chi connectivity index (χ1v) is 4.23. The zero-order valence-electron chi connectivity index (χ0n) is 5.93. The van der Waals surface area contributed by atoms with Crippen LogP contribution in [0.1, 0.15) is 11.6 Å². The first-order chi connectivity index (χ1) is 5.25. The molecule has 3 heteroatoms. The van der Waals surface area contributed by atoms with Gasteiger partial charge in [-0.05, 0) is 11.6 Å². The summed E-state index contributed by atoms with van der Waals surface area (Å²) in [6.45, 7) is 0. The Balaban J connectivity index is 2.93. The van der Waals surface area contributed by atoms with Crippen LogP contribution in [0.4, 0.5) is 0 Å². The van der Waals surface area contributed by atoms with Crippen molar-refractivity contribution in [2.24, 2.45) is 5.73 Å². The van der Waals surface area contributed by atoms with Crippen LogP contribution in [0.5, 0.6) is 0 Å². The van der Waals surface area contributed by atoms with Crippen LogP contribution < -0.4 is 5.73 Å². The molecule has 0 amide bonds. The SMILES string of the molecule is N[C@@H](CCl)c1ccccc1Cl. The Morgan fingerprint density at radius 2 is 2.00 bits per heavy atom. The summed E-state index contributed by atoms with van der Waals surface area (Å²) in [6, 6.07) is 7.30. The van der Waals surface area contributed by atoms with E-state index in [0.29, 0.717) is 10.9 Å². The van der Waals surface area contributed by atoms with Crippen LogP contribution in [-0.2, 0) is 0 Å². The van der Waals surface area contributed by atoms with E-state index in [9.17, 15) is 0 Å². The van der Waals surface area contributed by atoms with Crippen molar-refractivity contribution >= 4 is 23.2 Å². The van der Waals surface area contributed by atoms with Crippen LogP contribution >= 0.6 is 23.2 Å². The predicted octanol–water partition coefficient (Wildman–Crippen LogP) is 2.58. The third-order valence-electron chi connectivity index (χ3n) is 1.47. The largest absolute Gasteiger partial charge is 0.323 e. The van der Waals surface area contributed by atoms with Crippen LogP contribution in [0.25, 0.3) is 0 Å². The topological polar surface area (TPSA) is 26.0 Å². The second kappa shape index (κ2) is 3.96. The van der Waals surface area contributed by atoms with Crippen LogP contribution in [0, 0.1) is 0 Å². The van der Waals surface area contributed by atoms with Gasteiger partial charge in [0.25, 0.3) is 0 Å². The second-order valence-electron chi connectivity index (χ2n) is 2.28. The number of nitrogens with two attached hydrogens (primary N) is 1. The van der Waals surface area contributed by atoms with E-state index in [2.05, 4.69) is 0 Å². The summed E-state index contributed by atoms with van der Waals surface area (Å²) in [5.74, 6) is 0.393. The van der Waals surface area contributed by atoms with Gasteiger partial charge in [0, 0.05) is 16.9 Å². The van der Waals surface area contributed by atoms with Gasteiger partial charge in [0.05, 0.1) is 0 Å². The first-order valence-electron chi connectivity index (χ1n) is 3.31. The molecule has 60 valence electrons. The lowest BCUT2D eigenvalue weighted by Gasteiger charge is -2.08. The third-order valence-corrected chi connectivity index (χ3v) is 2.15. The van der Waals surface area contributed by atoms with Crippen LogP contribution in [0.2, 0.25) is 5.02 Å². The maximum Gasteiger partial charge on any atom is 0.0454 e. The number of halogens is 2. The van der Waals surface area contributed by atoms with Gasteiger partial charge in [0.1, 0.15) is 0 Å². The third kappa shape index (κ3) is 2.09. The Morgan fingerprint density at radius 1 is 1.36 bits per heavy atom. The Hall–Kier alpha value is -0.240. The molecule has 0 fully saturated rings. The minimum atomic E-state index is -0.162. The molecule has 11 heavy (non-hydrogen) atoms. The van der Waals surface area contributed by atoms with Crippen LogP contribution in [0.15, 0.2) is 24.3 Å². The van der Waals surface area contributed by atoms with Crippen LogP contribution in [0.3, 0.4) is 0 Å². The fourth-order valence-electron chi connectivity index (χ4n) is 0.859. The van der Waals surface area contributed by atoms with Gasteiger partial charge in [0.15, 0.2) is 0 Å². The highest BCUT2D eigenvalue weighted by molar-refractivity contribution is 6.31. The van der Waals surface area contributed by atoms with E-state index in [1.807, 2.05) is 24.3 Å². The van der Waals surface area contributed by atoms with Crippen molar-refractivity contribution < 1.29 is 0 Å². The molecular weight excluding hydrogens is 181 g/mol. The standard InChI is InChI=1S/C8H9Cl2N/c9-5-8(11)6-3-1-2-4-7(6)10/h1-4,8H,5,11H2/t8-/m0/s1. The Labute approximate surface area is 76.1 Å². The lowest BCUT2D eigenvalue weighted by Crippen LogP contribution is -2.11. The summed E-state index contributed by atoms with van der Waals surface area (Å²) in [5, 5.41) is 0.681. The quantitative estimate of drug-likeness (QED) is 0.712. The van der Waals surface area contributed by atoms with Crippen molar-refractivity contribution in [3.8, 4) is 0 Å². The molecule has 0 radical (unpaired) electrons. The number of hydrogen-bond donors (Lipinski definition) is 1. The summed E-state index contributed by atoms with van der Waals surface area (Å²) in [5.41, 5.74) is 6.59. The van der Waals surface area contributed by atoms with Gasteiger partial charge in [-0.1, -0.05) is 29.8 Å². The Bertz CT molecular complexity index is 237. The van der Waals surface area contributed by atoms with E-state index < -0.39 is 0 Å². The smallest absolute Gasteiger partial charge is 0.0454 e. The molecule has 0 saturated heterocycles. The maximum absolute atomic E-state index is 5.86. The predicted molar refractivity (Wildman–Crippen MR) is 49.1 cm³/mol. The molecule has 0 aliphatic heterocycles. The Kier molecular flexibility index (Phi) is 3.18. The molecule has 0 spiro atoms. The molecule has 0 heterocycles. The first kappa shape index (κ1) is 8.85. The van der Waals surface area contributed by atoms with Crippen molar-refractivity contribution in [1.29, 1.82) is 0 Å². The van der Waals surface area contributed by atoms with Gasteiger partial charge in [-0.25, -0.2) is 0 Å². The van der Waals surface area contributed by atoms with Gasteiger partial charge in [-0.15, -0.1) is 11.6 Å². The molecule has 0 unspecified atom stereocenters.